The van der Waals surface area contributed by atoms with Crippen molar-refractivity contribution in [2.45, 2.75) is 41.5 Å². The van der Waals surface area contributed by atoms with E-state index in [0.29, 0.717) is 17.1 Å². The minimum atomic E-state index is 0.219. The standard InChI is InChI=1S/C30H31NO4/c1-17-10-13-25(20(4)28(17)32)31(26-14-11-18(2)29(33)21(26)5)23-8-7-9-24(16-23)35-27-15-12-19(3)30(34)22(27)6/h7-16,32-34H,1-6H3. The molecule has 0 radical (unpaired) electrons. The first-order valence-corrected chi connectivity index (χ1v) is 11.6. The molecular weight excluding hydrogens is 438 g/mol. The summed E-state index contributed by atoms with van der Waals surface area (Å²) in [7, 11) is 0. The van der Waals surface area contributed by atoms with E-state index in [9.17, 15) is 15.3 Å². The van der Waals surface area contributed by atoms with E-state index in [1.54, 1.807) is 0 Å². The molecule has 0 aromatic heterocycles. The Bertz CT molecular complexity index is 1370. The van der Waals surface area contributed by atoms with E-state index in [4.69, 9.17) is 4.74 Å². The molecule has 0 aliphatic carbocycles. The van der Waals surface area contributed by atoms with E-state index in [-0.39, 0.29) is 17.2 Å². The van der Waals surface area contributed by atoms with E-state index in [0.717, 1.165) is 44.9 Å². The number of benzene rings is 4. The number of anilines is 3. The van der Waals surface area contributed by atoms with Crippen molar-refractivity contribution < 1.29 is 20.1 Å². The molecule has 0 aliphatic rings. The van der Waals surface area contributed by atoms with Gasteiger partial charge in [0.25, 0.3) is 0 Å². The largest absolute Gasteiger partial charge is 0.507 e. The summed E-state index contributed by atoms with van der Waals surface area (Å²) < 4.78 is 6.17. The first kappa shape index (κ1) is 24.0. The molecule has 0 spiro atoms. The fourth-order valence-corrected chi connectivity index (χ4v) is 4.28. The predicted octanol–water partition coefficient (Wildman–Crippen LogP) is 7.92. The zero-order valence-corrected chi connectivity index (χ0v) is 21.0. The molecule has 0 atom stereocenters. The number of aromatic hydroxyl groups is 3. The van der Waals surface area contributed by atoms with Crippen LogP contribution in [0.4, 0.5) is 17.1 Å². The van der Waals surface area contributed by atoms with Crippen molar-refractivity contribution in [1.29, 1.82) is 0 Å². The second-order valence-corrected chi connectivity index (χ2v) is 9.04. The summed E-state index contributed by atoms with van der Waals surface area (Å²) in [5.41, 5.74) is 6.90. The van der Waals surface area contributed by atoms with Crippen LogP contribution in [0.25, 0.3) is 0 Å². The van der Waals surface area contributed by atoms with Gasteiger partial charge in [0.15, 0.2) is 0 Å². The first-order chi connectivity index (χ1) is 16.6. The number of aryl methyl sites for hydroxylation is 3. The zero-order chi connectivity index (χ0) is 25.4. The summed E-state index contributed by atoms with van der Waals surface area (Å²) >= 11 is 0. The highest BCUT2D eigenvalue weighted by Gasteiger charge is 2.21. The minimum Gasteiger partial charge on any atom is -0.507 e. The molecule has 0 saturated carbocycles. The lowest BCUT2D eigenvalue weighted by Gasteiger charge is -2.30. The molecule has 35 heavy (non-hydrogen) atoms. The van der Waals surface area contributed by atoms with Gasteiger partial charge in [0.05, 0.1) is 11.4 Å². The molecule has 0 amide bonds. The smallest absolute Gasteiger partial charge is 0.134 e. The van der Waals surface area contributed by atoms with Crippen LogP contribution in [0.3, 0.4) is 0 Å². The lowest BCUT2D eigenvalue weighted by atomic mass is 10.0. The molecule has 0 aliphatic heterocycles. The number of hydrogen-bond donors (Lipinski definition) is 3. The summed E-state index contributed by atoms with van der Waals surface area (Å²) in [6.45, 7) is 11.2. The van der Waals surface area contributed by atoms with Crippen LogP contribution in [-0.4, -0.2) is 15.3 Å². The van der Waals surface area contributed by atoms with Crippen molar-refractivity contribution in [2.24, 2.45) is 0 Å². The van der Waals surface area contributed by atoms with Gasteiger partial charge in [0, 0.05) is 28.4 Å². The number of phenols is 3. The molecule has 0 heterocycles. The number of nitrogens with zero attached hydrogens (tertiary/aromatic N) is 1. The lowest BCUT2D eigenvalue weighted by molar-refractivity contribution is 0.445. The third-order valence-electron chi connectivity index (χ3n) is 6.58. The zero-order valence-electron chi connectivity index (χ0n) is 21.0. The van der Waals surface area contributed by atoms with Gasteiger partial charge in [-0.05, 0) is 88.6 Å². The summed E-state index contributed by atoms with van der Waals surface area (Å²) in [4.78, 5) is 2.01. The molecule has 0 saturated heterocycles. The number of rotatable bonds is 5. The van der Waals surface area contributed by atoms with Gasteiger partial charge in [0.1, 0.15) is 28.7 Å². The molecule has 4 aromatic carbocycles. The molecule has 0 bridgehead atoms. The maximum absolute atomic E-state index is 10.7. The SMILES string of the molecule is Cc1ccc(Oc2cccc(N(c3ccc(C)c(O)c3C)c3ccc(C)c(O)c3C)c2)c(C)c1O. The third kappa shape index (κ3) is 4.37. The van der Waals surface area contributed by atoms with E-state index in [2.05, 4.69) is 0 Å². The van der Waals surface area contributed by atoms with Crippen molar-refractivity contribution in [3.63, 3.8) is 0 Å². The summed E-state index contributed by atoms with van der Waals surface area (Å²) in [6, 6.07) is 19.0. The second kappa shape index (κ2) is 9.26. The van der Waals surface area contributed by atoms with Gasteiger partial charge in [-0.15, -0.1) is 0 Å². The molecule has 4 rings (SSSR count). The average Bonchev–Trinajstić information content (AvgIpc) is 2.84. The van der Waals surface area contributed by atoms with Gasteiger partial charge in [-0.3, -0.25) is 0 Å². The quantitative estimate of drug-likeness (QED) is 0.277. The molecule has 0 fully saturated rings. The monoisotopic (exact) mass is 469 g/mol. The molecule has 3 N–H and O–H groups in total. The summed E-state index contributed by atoms with van der Waals surface area (Å²) in [5.74, 6) is 1.86. The highest BCUT2D eigenvalue weighted by molar-refractivity contribution is 5.83. The number of phenolic OH excluding ortho intramolecular Hbond substituents is 3. The fourth-order valence-electron chi connectivity index (χ4n) is 4.28. The Kier molecular flexibility index (Phi) is 6.35. The molecule has 180 valence electrons. The predicted molar refractivity (Wildman–Crippen MR) is 141 cm³/mol. The maximum atomic E-state index is 10.7. The second-order valence-electron chi connectivity index (χ2n) is 9.04. The van der Waals surface area contributed by atoms with Crippen LogP contribution in [0.5, 0.6) is 28.7 Å². The van der Waals surface area contributed by atoms with Gasteiger partial charge < -0.3 is 25.0 Å². The average molecular weight is 470 g/mol. The van der Waals surface area contributed by atoms with E-state index in [1.165, 1.54) is 0 Å². The van der Waals surface area contributed by atoms with Crippen molar-refractivity contribution in [1.82, 2.24) is 0 Å². The third-order valence-corrected chi connectivity index (χ3v) is 6.58. The highest BCUT2D eigenvalue weighted by atomic mass is 16.5. The van der Waals surface area contributed by atoms with Crippen LogP contribution in [0.15, 0.2) is 60.7 Å². The van der Waals surface area contributed by atoms with E-state index < -0.39 is 0 Å². The Balaban J connectivity index is 1.88. The maximum Gasteiger partial charge on any atom is 0.134 e. The minimum absolute atomic E-state index is 0.219. The Morgan fingerprint density at radius 2 is 1.06 bits per heavy atom. The topological polar surface area (TPSA) is 73.2 Å². The van der Waals surface area contributed by atoms with Crippen molar-refractivity contribution in [2.75, 3.05) is 4.90 Å². The first-order valence-electron chi connectivity index (χ1n) is 11.6. The normalized spacial score (nSPS) is 10.9. The van der Waals surface area contributed by atoms with Crippen LogP contribution in [0, 0.1) is 41.5 Å². The molecule has 0 unspecified atom stereocenters. The molecule has 4 aromatic rings. The van der Waals surface area contributed by atoms with Crippen LogP contribution >= 0.6 is 0 Å². The van der Waals surface area contributed by atoms with Crippen LogP contribution in [-0.2, 0) is 0 Å². The fraction of sp³-hybridized carbons (Fsp3) is 0.200. The Labute approximate surface area is 206 Å². The summed E-state index contributed by atoms with van der Waals surface area (Å²) in [6.07, 6.45) is 0. The van der Waals surface area contributed by atoms with E-state index >= 15 is 0 Å². The van der Waals surface area contributed by atoms with Gasteiger partial charge in [-0.1, -0.05) is 24.3 Å². The van der Waals surface area contributed by atoms with Crippen molar-refractivity contribution >= 4 is 17.1 Å². The van der Waals surface area contributed by atoms with E-state index in [1.807, 2.05) is 107 Å². The van der Waals surface area contributed by atoms with Crippen molar-refractivity contribution in [3.8, 4) is 28.7 Å². The molecule has 5 heteroatoms. The Morgan fingerprint density at radius 1 is 0.571 bits per heavy atom. The van der Waals surface area contributed by atoms with Crippen LogP contribution in [0.1, 0.15) is 33.4 Å². The van der Waals surface area contributed by atoms with Crippen LogP contribution < -0.4 is 9.64 Å². The van der Waals surface area contributed by atoms with Gasteiger partial charge >= 0.3 is 0 Å². The highest BCUT2D eigenvalue weighted by Crippen LogP contribution is 2.44. The molecular formula is C30H31NO4. The Morgan fingerprint density at radius 3 is 1.60 bits per heavy atom. The summed E-state index contributed by atoms with van der Waals surface area (Å²) in [5, 5.41) is 31.7. The number of ether oxygens (including phenoxy) is 1. The van der Waals surface area contributed by atoms with Gasteiger partial charge in [-0.25, -0.2) is 0 Å². The van der Waals surface area contributed by atoms with Gasteiger partial charge in [-0.2, -0.15) is 0 Å². The van der Waals surface area contributed by atoms with Gasteiger partial charge in [0.2, 0.25) is 0 Å². The molecule has 5 nitrogen and oxygen atoms in total. The Hall–Kier alpha value is -4.12. The van der Waals surface area contributed by atoms with Crippen LogP contribution in [0.2, 0.25) is 0 Å². The lowest BCUT2D eigenvalue weighted by Crippen LogP contribution is -2.13. The van der Waals surface area contributed by atoms with Crippen molar-refractivity contribution in [3.05, 3.63) is 94.0 Å². The number of hydrogen-bond acceptors (Lipinski definition) is 5.